The molecule has 21 heavy (non-hydrogen) atoms. The van der Waals surface area contributed by atoms with Gasteiger partial charge in [-0.05, 0) is 38.3 Å². The topological polar surface area (TPSA) is 62.3 Å². The predicted molar refractivity (Wildman–Crippen MR) is 81.0 cm³/mol. The normalized spacial score (nSPS) is 18.4. The first-order valence-corrected chi connectivity index (χ1v) is 7.61. The van der Waals surface area contributed by atoms with Crippen LogP contribution in [0.1, 0.15) is 48.7 Å². The van der Waals surface area contributed by atoms with Crippen LogP contribution in [0.4, 0.5) is 0 Å². The maximum absolute atomic E-state index is 12.4. The predicted octanol–water partition coefficient (Wildman–Crippen LogP) is 1.91. The molecule has 1 aliphatic rings. The molecule has 0 aliphatic carbocycles. The zero-order chi connectivity index (χ0) is 15.2. The minimum atomic E-state index is -0.00283. The molecule has 1 aromatic heterocycles. The number of aryl methyl sites for hydroxylation is 1. The second-order valence-corrected chi connectivity index (χ2v) is 5.60. The van der Waals surface area contributed by atoms with Gasteiger partial charge in [0.15, 0.2) is 0 Å². The Hall–Kier alpha value is -1.91. The largest absolute Gasteiger partial charge is 0.352 e. The average Bonchev–Trinajstić information content (AvgIpc) is 2.48. The van der Waals surface area contributed by atoms with Crippen molar-refractivity contribution in [2.45, 2.75) is 45.6 Å². The van der Waals surface area contributed by atoms with Gasteiger partial charge in [-0.25, -0.2) is 0 Å². The molecule has 0 bridgehead atoms. The van der Waals surface area contributed by atoms with Crippen LogP contribution < -0.4 is 5.32 Å². The van der Waals surface area contributed by atoms with Gasteiger partial charge in [-0.15, -0.1) is 0 Å². The van der Waals surface area contributed by atoms with Crippen molar-refractivity contribution in [3.8, 4) is 0 Å². The Balaban J connectivity index is 1.95. The lowest BCUT2D eigenvalue weighted by molar-refractivity contribution is -0.122. The number of pyridine rings is 1. The second-order valence-electron chi connectivity index (χ2n) is 5.60. The lowest BCUT2D eigenvalue weighted by Gasteiger charge is -2.33. The summed E-state index contributed by atoms with van der Waals surface area (Å²) in [6.45, 7) is 5.21. The molecule has 0 spiro atoms. The van der Waals surface area contributed by atoms with E-state index in [2.05, 4.69) is 10.3 Å². The summed E-state index contributed by atoms with van der Waals surface area (Å²) in [5.41, 5.74) is 1.51. The number of amides is 2. The van der Waals surface area contributed by atoms with Gasteiger partial charge in [-0.2, -0.15) is 0 Å². The zero-order valence-electron chi connectivity index (χ0n) is 12.8. The minimum absolute atomic E-state index is 0.00283. The third-order valence-corrected chi connectivity index (χ3v) is 3.71. The highest BCUT2D eigenvalue weighted by molar-refractivity contribution is 5.94. The molecule has 0 saturated carbocycles. The summed E-state index contributed by atoms with van der Waals surface area (Å²) < 4.78 is 0. The summed E-state index contributed by atoms with van der Waals surface area (Å²) in [6, 6.07) is 3.72. The number of hydrogen-bond acceptors (Lipinski definition) is 3. The Morgan fingerprint density at radius 1 is 1.43 bits per heavy atom. The molecule has 1 saturated heterocycles. The van der Waals surface area contributed by atoms with Crippen LogP contribution in [0.5, 0.6) is 0 Å². The number of carbonyl (C=O) groups is 2. The summed E-state index contributed by atoms with van der Waals surface area (Å²) in [6.07, 6.45) is 4.87. The van der Waals surface area contributed by atoms with Crippen molar-refractivity contribution < 1.29 is 9.59 Å². The molecular formula is C16H23N3O2. The van der Waals surface area contributed by atoms with Crippen molar-refractivity contribution in [1.29, 1.82) is 0 Å². The number of nitrogens with zero attached hydrogens (tertiary/aromatic N) is 2. The molecule has 1 fully saturated rings. The van der Waals surface area contributed by atoms with E-state index in [0.717, 1.165) is 31.5 Å². The van der Waals surface area contributed by atoms with Crippen molar-refractivity contribution in [2.24, 2.45) is 0 Å². The number of piperidine rings is 1. The van der Waals surface area contributed by atoms with Crippen LogP contribution >= 0.6 is 0 Å². The summed E-state index contributed by atoms with van der Waals surface area (Å²) in [5.74, 6) is 0.0748. The third-order valence-electron chi connectivity index (χ3n) is 3.71. The molecule has 2 amide bonds. The first kappa shape index (κ1) is 15.5. The number of aromatic nitrogens is 1. The monoisotopic (exact) mass is 289 g/mol. The maximum atomic E-state index is 12.4. The minimum Gasteiger partial charge on any atom is -0.352 e. The summed E-state index contributed by atoms with van der Waals surface area (Å²) in [4.78, 5) is 30.1. The van der Waals surface area contributed by atoms with Gasteiger partial charge in [0, 0.05) is 37.4 Å². The lowest BCUT2D eigenvalue weighted by atomic mass is 10.0. The van der Waals surface area contributed by atoms with Gasteiger partial charge >= 0.3 is 0 Å². The van der Waals surface area contributed by atoms with Gasteiger partial charge in [0.25, 0.3) is 5.91 Å². The zero-order valence-corrected chi connectivity index (χ0v) is 12.8. The molecule has 5 nitrogen and oxygen atoms in total. The molecule has 0 radical (unpaired) electrons. The van der Waals surface area contributed by atoms with Crippen LogP contribution in [0.25, 0.3) is 0 Å². The van der Waals surface area contributed by atoms with E-state index >= 15 is 0 Å². The van der Waals surface area contributed by atoms with Crippen LogP contribution in [-0.4, -0.2) is 40.8 Å². The van der Waals surface area contributed by atoms with Crippen LogP contribution in [0.2, 0.25) is 0 Å². The smallest absolute Gasteiger partial charge is 0.255 e. The Kier molecular flexibility index (Phi) is 5.31. The van der Waals surface area contributed by atoms with Crippen molar-refractivity contribution in [3.63, 3.8) is 0 Å². The SMILES string of the molecule is CCCC(=O)N[C@H]1CCCN(C(=O)c2ccc(C)nc2)C1. The Bertz CT molecular complexity index is 499. The van der Waals surface area contributed by atoms with E-state index in [4.69, 9.17) is 0 Å². The summed E-state index contributed by atoms with van der Waals surface area (Å²) >= 11 is 0. The van der Waals surface area contributed by atoms with Crippen molar-refractivity contribution in [2.75, 3.05) is 13.1 Å². The number of carbonyl (C=O) groups excluding carboxylic acids is 2. The first-order valence-electron chi connectivity index (χ1n) is 7.61. The van der Waals surface area contributed by atoms with Gasteiger partial charge in [0.1, 0.15) is 0 Å². The summed E-state index contributed by atoms with van der Waals surface area (Å²) in [7, 11) is 0. The third kappa shape index (κ3) is 4.28. The molecule has 1 aromatic rings. The average molecular weight is 289 g/mol. The number of likely N-dealkylation sites (tertiary alicyclic amines) is 1. The van der Waals surface area contributed by atoms with Gasteiger partial charge in [0.05, 0.1) is 5.56 Å². The fraction of sp³-hybridized carbons (Fsp3) is 0.562. The van der Waals surface area contributed by atoms with E-state index < -0.39 is 0 Å². The molecule has 0 aromatic carbocycles. The molecule has 5 heteroatoms. The van der Waals surface area contributed by atoms with Crippen LogP contribution in [-0.2, 0) is 4.79 Å². The van der Waals surface area contributed by atoms with E-state index in [1.54, 1.807) is 6.20 Å². The number of hydrogen-bond donors (Lipinski definition) is 1. The molecule has 114 valence electrons. The second kappa shape index (κ2) is 7.20. The quantitative estimate of drug-likeness (QED) is 0.921. The fourth-order valence-corrected chi connectivity index (χ4v) is 2.58. The molecular weight excluding hydrogens is 266 g/mol. The first-order chi connectivity index (χ1) is 10.1. The van der Waals surface area contributed by atoms with Crippen molar-refractivity contribution in [3.05, 3.63) is 29.6 Å². The Labute approximate surface area is 125 Å². The molecule has 2 heterocycles. The van der Waals surface area contributed by atoms with Crippen LogP contribution in [0.3, 0.4) is 0 Å². The van der Waals surface area contributed by atoms with Crippen molar-refractivity contribution in [1.82, 2.24) is 15.2 Å². The molecule has 1 atom stereocenters. The standard InChI is InChI=1S/C16H23N3O2/c1-3-5-15(20)18-14-6-4-9-19(11-14)16(21)13-8-7-12(2)17-10-13/h7-8,10,14H,3-6,9,11H2,1-2H3,(H,18,20)/t14-/m0/s1. The Morgan fingerprint density at radius 3 is 2.90 bits per heavy atom. The maximum Gasteiger partial charge on any atom is 0.255 e. The molecule has 1 N–H and O–H groups in total. The van der Waals surface area contributed by atoms with E-state index in [9.17, 15) is 9.59 Å². The van der Waals surface area contributed by atoms with Crippen molar-refractivity contribution >= 4 is 11.8 Å². The Morgan fingerprint density at radius 2 is 2.24 bits per heavy atom. The van der Waals surface area contributed by atoms with Crippen LogP contribution in [0, 0.1) is 6.92 Å². The lowest BCUT2D eigenvalue weighted by Crippen LogP contribution is -2.49. The van der Waals surface area contributed by atoms with E-state index in [-0.39, 0.29) is 17.9 Å². The fourth-order valence-electron chi connectivity index (χ4n) is 2.58. The van der Waals surface area contributed by atoms with E-state index in [0.29, 0.717) is 18.5 Å². The highest BCUT2D eigenvalue weighted by Crippen LogP contribution is 2.14. The van der Waals surface area contributed by atoms with Gasteiger partial charge in [-0.1, -0.05) is 6.92 Å². The summed E-state index contributed by atoms with van der Waals surface area (Å²) in [5, 5.41) is 3.02. The molecule has 2 rings (SSSR count). The number of nitrogens with one attached hydrogen (secondary N) is 1. The molecule has 0 unspecified atom stereocenters. The molecule has 1 aliphatic heterocycles. The van der Waals surface area contributed by atoms with Gasteiger partial charge in [0.2, 0.25) is 5.91 Å². The number of rotatable bonds is 4. The van der Waals surface area contributed by atoms with Gasteiger partial charge in [-0.3, -0.25) is 14.6 Å². The van der Waals surface area contributed by atoms with Crippen LogP contribution in [0.15, 0.2) is 18.3 Å². The van der Waals surface area contributed by atoms with Gasteiger partial charge < -0.3 is 10.2 Å². The van der Waals surface area contributed by atoms with E-state index in [1.165, 1.54) is 0 Å². The highest BCUT2D eigenvalue weighted by atomic mass is 16.2. The highest BCUT2D eigenvalue weighted by Gasteiger charge is 2.25. The van der Waals surface area contributed by atoms with E-state index in [1.807, 2.05) is 30.9 Å².